The summed E-state index contributed by atoms with van der Waals surface area (Å²) in [4.78, 5) is 24.9. The quantitative estimate of drug-likeness (QED) is 0.594. The highest BCUT2D eigenvalue weighted by atomic mass is 32.1. The molecular formula is C11H14O4S. The van der Waals surface area contributed by atoms with Crippen molar-refractivity contribution in [2.75, 3.05) is 14.2 Å². The summed E-state index contributed by atoms with van der Waals surface area (Å²) in [6.07, 6.45) is 0.331. The summed E-state index contributed by atoms with van der Waals surface area (Å²) >= 11 is 1.56. The molecule has 88 valence electrons. The Hall–Kier alpha value is -1.36. The molecule has 0 aliphatic carbocycles. The van der Waals surface area contributed by atoms with Gasteiger partial charge in [-0.2, -0.15) is 0 Å². The van der Waals surface area contributed by atoms with E-state index in [9.17, 15) is 9.59 Å². The van der Waals surface area contributed by atoms with E-state index in [1.165, 1.54) is 14.2 Å². The fourth-order valence-corrected chi connectivity index (χ4v) is 2.28. The lowest BCUT2D eigenvalue weighted by atomic mass is 10.1. The van der Waals surface area contributed by atoms with Crippen LogP contribution in [0.3, 0.4) is 0 Å². The SMILES string of the molecule is COC(=O)C(Cc1ccc(C)s1)C(=O)OC. The molecule has 1 heterocycles. The minimum atomic E-state index is -0.868. The average molecular weight is 242 g/mol. The number of thiophene rings is 1. The Morgan fingerprint density at radius 3 is 2.19 bits per heavy atom. The molecule has 0 bridgehead atoms. The Kier molecular flexibility index (Phi) is 4.49. The molecule has 4 nitrogen and oxygen atoms in total. The first-order valence-electron chi connectivity index (χ1n) is 4.79. The van der Waals surface area contributed by atoms with E-state index in [1.54, 1.807) is 11.3 Å². The van der Waals surface area contributed by atoms with Gasteiger partial charge in [-0.1, -0.05) is 0 Å². The van der Waals surface area contributed by atoms with Crippen molar-refractivity contribution in [2.24, 2.45) is 5.92 Å². The number of carbonyl (C=O) groups is 2. The normalized spacial score (nSPS) is 10.2. The molecule has 0 fully saturated rings. The zero-order chi connectivity index (χ0) is 12.1. The number of aryl methyl sites for hydroxylation is 1. The van der Waals surface area contributed by atoms with Gasteiger partial charge >= 0.3 is 11.9 Å². The standard InChI is InChI=1S/C11H14O4S/c1-7-4-5-8(16-7)6-9(10(12)14-2)11(13)15-3/h4-5,9H,6H2,1-3H3. The maximum atomic E-state index is 11.4. The van der Waals surface area contributed by atoms with Gasteiger partial charge in [-0.3, -0.25) is 9.59 Å². The molecule has 1 aromatic heterocycles. The van der Waals surface area contributed by atoms with Crippen LogP contribution in [-0.2, 0) is 25.5 Å². The molecule has 1 rings (SSSR count). The number of hydrogen-bond acceptors (Lipinski definition) is 5. The van der Waals surface area contributed by atoms with Gasteiger partial charge in [0.2, 0.25) is 0 Å². The number of methoxy groups -OCH3 is 2. The zero-order valence-electron chi connectivity index (χ0n) is 9.48. The van der Waals surface area contributed by atoms with Crippen LogP contribution in [0.1, 0.15) is 9.75 Å². The second-order valence-electron chi connectivity index (χ2n) is 3.32. The van der Waals surface area contributed by atoms with Crippen LogP contribution >= 0.6 is 11.3 Å². The molecule has 0 unspecified atom stereocenters. The third-order valence-corrected chi connectivity index (χ3v) is 3.20. The lowest BCUT2D eigenvalue weighted by molar-refractivity contribution is -0.158. The average Bonchev–Trinajstić information content (AvgIpc) is 2.69. The van der Waals surface area contributed by atoms with Crippen LogP contribution in [0.15, 0.2) is 12.1 Å². The highest BCUT2D eigenvalue weighted by molar-refractivity contribution is 7.11. The molecule has 0 aliphatic heterocycles. The first-order valence-corrected chi connectivity index (χ1v) is 5.61. The molecule has 16 heavy (non-hydrogen) atoms. The van der Waals surface area contributed by atoms with Gasteiger partial charge in [0.15, 0.2) is 5.92 Å². The molecule has 0 atom stereocenters. The molecule has 0 spiro atoms. The predicted molar refractivity (Wildman–Crippen MR) is 60.3 cm³/mol. The van der Waals surface area contributed by atoms with Crippen LogP contribution in [-0.4, -0.2) is 26.2 Å². The van der Waals surface area contributed by atoms with Crippen molar-refractivity contribution >= 4 is 23.3 Å². The van der Waals surface area contributed by atoms with Crippen molar-refractivity contribution in [2.45, 2.75) is 13.3 Å². The van der Waals surface area contributed by atoms with Gasteiger partial charge in [-0.15, -0.1) is 11.3 Å². The lowest BCUT2D eigenvalue weighted by Crippen LogP contribution is -2.28. The number of ether oxygens (including phenoxy) is 2. The van der Waals surface area contributed by atoms with Crippen LogP contribution in [0.25, 0.3) is 0 Å². The maximum Gasteiger partial charge on any atom is 0.320 e. The molecule has 0 radical (unpaired) electrons. The van der Waals surface area contributed by atoms with E-state index in [-0.39, 0.29) is 0 Å². The number of hydrogen-bond donors (Lipinski definition) is 0. The Labute approximate surface area is 98.2 Å². The van der Waals surface area contributed by atoms with Crippen molar-refractivity contribution in [3.63, 3.8) is 0 Å². The van der Waals surface area contributed by atoms with Crippen LogP contribution in [0.2, 0.25) is 0 Å². The highest BCUT2D eigenvalue weighted by Crippen LogP contribution is 2.20. The van der Waals surface area contributed by atoms with Gasteiger partial charge in [0, 0.05) is 16.2 Å². The first kappa shape index (κ1) is 12.7. The summed E-state index contributed by atoms with van der Waals surface area (Å²) in [6.45, 7) is 1.97. The van der Waals surface area contributed by atoms with Gasteiger partial charge in [0.25, 0.3) is 0 Å². The van der Waals surface area contributed by atoms with Gasteiger partial charge < -0.3 is 9.47 Å². The molecule has 0 amide bonds. The third kappa shape index (κ3) is 3.06. The van der Waals surface area contributed by atoms with Crippen molar-refractivity contribution in [1.82, 2.24) is 0 Å². The second kappa shape index (κ2) is 5.65. The monoisotopic (exact) mass is 242 g/mol. The van der Waals surface area contributed by atoms with Crippen molar-refractivity contribution in [3.05, 3.63) is 21.9 Å². The molecule has 0 saturated carbocycles. The summed E-state index contributed by atoms with van der Waals surface area (Å²) in [5, 5.41) is 0. The minimum absolute atomic E-state index is 0.331. The smallest absolute Gasteiger partial charge is 0.320 e. The largest absolute Gasteiger partial charge is 0.468 e. The maximum absolute atomic E-state index is 11.4. The van der Waals surface area contributed by atoms with Crippen molar-refractivity contribution < 1.29 is 19.1 Å². The van der Waals surface area contributed by atoms with Gasteiger partial charge in [-0.05, 0) is 19.1 Å². The van der Waals surface area contributed by atoms with E-state index < -0.39 is 17.9 Å². The van der Waals surface area contributed by atoms with Gasteiger partial charge in [-0.25, -0.2) is 0 Å². The minimum Gasteiger partial charge on any atom is -0.468 e. The first-order chi connectivity index (χ1) is 7.58. The van der Waals surface area contributed by atoms with E-state index in [0.717, 1.165) is 9.75 Å². The highest BCUT2D eigenvalue weighted by Gasteiger charge is 2.29. The fraction of sp³-hybridized carbons (Fsp3) is 0.455. The lowest BCUT2D eigenvalue weighted by Gasteiger charge is -2.10. The second-order valence-corrected chi connectivity index (χ2v) is 4.69. The third-order valence-electron chi connectivity index (χ3n) is 2.17. The summed E-state index contributed by atoms with van der Waals surface area (Å²) in [5.41, 5.74) is 0. The molecule has 1 aromatic rings. The molecule has 5 heteroatoms. The number of rotatable bonds is 4. The van der Waals surface area contributed by atoms with E-state index in [2.05, 4.69) is 9.47 Å². The van der Waals surface area contributed by atoms with Crippen LogP contribution in [0.4, 0.5) is 0 Å². The van der Waals surface area contributed by atoms with Crippen LogP contribution < -0.4 is 0 Å². The van der Waals surface area contributed by atoms with E-state index in [1.807, 2.05) is 19.1 Å². The topological polar surface area (TPSA) is 52.6 Å². The van der Waals surface area contributed by atoms with Crippen molar-refractivity contribution in [3.8, 4) is 0 Å². The number of esters is 2. The van der Waals surface area contributed by atoms with E-state index in [0.29, 0.717) is 6.42 Å². The Bertz CT molecular complexity index is 367. The molecule has 0 N–H and O–H groups in total. The Balaban J connectivity index is 2.78. The summed E-state index contributed by atoms with van der Waals surface area (Å²) < 4.78 is 9.16. The number of carbonyl (C=O) groups excluding carboxylic acids is 2. The summed E-state index contributed by atoms with van der Waals surface area (Å²) in [6, 6.07) is 3.85. The van der Waals surface area contributed by atoms with Crippen molar-refractivity contribution in [1.29, 1.82) is 0 Å². The molecule has 0 aromatic carbocycles. The van der Waals surface area contributed by atoms with Gasteiger partial charge in [0.05, 0.1) is 14.2 Å². The summed E-state index contributed by atoms with van der Waals surface area (Å²) in [7, 11) is 2.52. The van der Waals surface area contributed by atoms with E-state index >= 15 is 0 Å². The Morgan fingerprint density at radius 2 is 1.81 bits per heavy atom. The molecular weight excluding hydrogens is 228 g/mol. The molecule has 0 saturated heterocycles. The Morgan fingerprint density at radius 1 is 1.25 bits per heavy atom. The zero-order valence-corrected chi connectivity index (χ0v) is 10.3. The van der Waals surface area contributed by atoms with Gasteiger partial charge in [0.1, 0.15) is 0 Å². The van der Waals surface area contributed by atoms with Crippen LogP contribution in [0.5, 0.6) is 0 Å². The fourth-order valence-electron chi connectivity index (χ4n) is 1.34. The predicted octanol–water partition coefficient (Wildman–Crippen LogP) is 1.56. The summed E-state index contributed by atoms with van der Waals surface area (Å²) in [5.74, 6) is -1.98. The molecule has 0 aliphatic rings. The van der Waals surface area contributed by atoms with E-state index in [4.69, 9.17) is 0 Å². The van der Waals surface area contributed by atoms with Crippen LogP contribution in [0, 0.1) is 12.8 Å².